The van der Waals surface area contributed by atoms with E-state index in [1.165, 1.54) is 29.5 Å². The Kier molecular flexibility index (Phi) is 5.47. The smallest absolute Gasteiger partial charge is 0.0171 e. The van der Waals surface area contributed by atoms with E-state index in [1.54, 1.807) is 0 Å². The molecule has 94 valence electrons. The van der Waals surface area contributed by atoms with E-state index in [0.717, 1.165) is 6.42 Å². The maximum Gasteiger partial charge on any atom is -0.0171 e. The molecule has 0 saturated heterocycles. The third-order valence-corrected chi connectivity index (χ3v) is 3.80. The molecule has 2 unspecified atom stereocenters. The van der Waals surface area contributed by atoms with Gasteiger partial charge in [0, 0.05) is 0 Å². The standard InChI is InChI=1S/C17H26/c1-6-14(5)17-10-8-9-15(12-17)11-16(7-2)13(3)4/h8-10,12,14,16H,3,6-7,11H2,1-2,4-5H3. The van der Waals surface area contributed by atoms with Crippen LogP contribution in [0.15, 0.2) is 36.4 Å². The fourth-order valence-corrected chi connectivity index (χ4v) is 2.21. The number of benzene rings is 1. The maximum absolute atomic E-state index is 4.10. The molecule has 1 rings (SSSR count). The Bertz CT molecular complexity index is 362. The third kappa shape index (κ3) is 4.03. The van der Waals surface area contributed by atoms with E-state index in [2.05, 4.69) is 58.5 Å². The molecule has 1 aromatic carbocycles. The topological polar surface area (TPSA) is 0 Å². The van der Waals surface area contributed by atoms with Gasteiger partial charge in [-0.25, -0.2) is 0 Å². The van der Waals surface area contributed by atoms with Crippen molar-refractivity contribution in [2.45, 2.75) is 52.9 Å². The van der Waals surface area contributed by atoms with Gasteiger partial charge >= 0.3 is 0 Å². The van der Waals surface area contributed by atoms with Gasteiger partial charge in [-0.3, -0.25) is 0 Å². The van der Waals surface area contributed by atoms with Crippen LogP contribution in [0.5, 0.6) is 0 Å². The van der Waals surface area contributed by atoms with Crippen LogP contribution >= 0.6 is 0 Å². The molecule has 0 aromatic heterocycles. The van der Waals surface area contributed by atoms with Gasteiger partial charge in [-0.1, -0.05) is 57.2 Å². The fraction of sp³-hybridized carbons (Fsp3) is 0.529. The zero-order valence-corrected chi connectivity index (χ0v) is 11.8. The van der Waals surface area contributed by atoms with Crippen LogP contribution in [-0.4, -0.2) is 0 Å². The Morgan fingerprint density at radius 2 is 1.94 bits per heavy atom. The van der Waals surface area contributed by atoms with Crippen LogP contribution in [0, 0.1) is 5.92 Å². The Hall–Kier alpha value is -1.04. The highest BCUT2D eigenvalue weighted by Crippen LogP contribution is 2.23. The number of rotatable bonds is 6. The van der Waals surface area contributed by atoms with Gasteiger partial charge in [0.05, 0.1) is 0 Å². The lowest BCUT2D eigenvalue weighted by molar-refractivity contribution is 0.589. The summed E-state index contributed by atoms with van der Waals surface area (Å²) in [6, 6.07) is 9.07. The van der Waals surface area contributed by atoms with E-state index in [-0.39, 0.29) is 0 Å². The summed E-state index contributed by atoms with van der Waals surface area (Å²) in [6.45, 7) is 13.0. The zero-order valence-electron chi connectivity index (χ0n) is 11.8. The van der Waals surface area contributed by atoms with Crippen molar-refractivity contribution in [2.75, 3.05) is 0 Å². The molecule has 0 aliphatic rings. The summed E-state index contributed by atoms with van der Waals surface area (Å²) in [5.41, 5.74) is 4.24. The van der Waals surface area contributed by atoms with Gasteiger partial charge < -0.3 is 0 Å². The first-order valence-corrected chi connectivity index (χ1v) is 6.82. The molecule has 0 N–H and O–H groups in total. The van der Waals surface area contributed by atoms with E-state index >= 15 is 0 Å². The second-order valence-corrected chi connectivity index (χ2v) is 5.21. The normalized spacial score (nSPS) is 14.4. The van der Waals surface area contributed by atoms with Crippen molar-refractivity contribution in [3.05, 3.63) is 47.5 Å². The fourth-order valence-electron chi connectivity index (χ4n) is 2.21. The molecule has 0 aliphatic carbocycles. The first-order chi connectivity index (χ1) is 8.08. The lowest BCUT2D eigenvalue weighted by Gasteiger charge is -2.16. The van der Waals surface area contributed by atoms with Gasteiger partial charge in [-0.05, 0) is 49.1 Å². The number of allylic oxidation sites excluding steroid dienone is 1. The van der Waals surface area contributed by atoms with Gasteiger partial charge in [0.2, 0.25) is 0 Å². The summed E-state index contributed by atoms with van der Waals surface area (Å²) in [4.78, 5) is 0. The summed E-state index contributed by atoms with van der Waals surface area (Å²) >= 11 is 0. The molecular formula is C17H26. The van der Waals surface area contributed by atoms with Crippen molar-refractivity contribution in [3.8, 4) is 0 Å². The van der Waals surface area contributed by atoms with E-state index in [9.17, 15) is 0 Å². The summed E-state index contributed by atoms with van der Waals surface area (Å²) in [6.07, 6.45) is 3.53. The molecule has 17 heavy (non-hydrogen) atoms. The van der Waals surface area contributed by atoms with Gasteiger partial charge in [0.15, 0.2) is 0 Å². The Morgan fingerprint density at radius 3 is 2.47 bits per heavy atom. The average Bonchev–Trinajstić information content (AvgIpc) is 2.34. The Morgan fingerprint density at radius 1 is 1.24 bits per heavy atom. The lowest BCUT2D eigenvalue weighted by atomic mass is 9.89. The minimum absolute atomic E-state index is 0.627. The molecule has 0 saturated carbocycles. The van der Waals surface area contributed by atoms with Crippen molar-refractivity contribution < 1.29 is 0 Å². The molecule has 2 atom stereocenters. The number of hydrogen-bond acceptors (Lipinski definition) is 0. The molecule has 0 heterocycles. The van der Waals surface area contributed by atoms with Crippen molar-refractivity contribution >= 4 is 0 Å². The highest BCUT2D eigenvalue weighted by molar-refractivity contribution is 5.27. The molecule has 0 heteroatoms. The molecular weight excluding hydrogens is 204 g/mol. The molecule has 0 radical (unpaired) electrons. The van der Waals surface area contributed by atoms with Crippen LogP contribution in [0.4, 0.5) is 0 Å². The summed E-state index contributed by atoms with van der Waals surface area (Å²) in [5, 5.41) is 0. The zero-order chi connectivity index (χ0) is 12.8. The van der Waals surface area contributed by atoms with E-state index in [1.807, 2.05) is 0 Å². The molecule has 0 bridgehead atoms. The van der Waals surface area contributed by atoms with Crippen LogP contribution in [-0.2, 0) is 6.42 Å². The Balaban J connectivity index is 2.81. The van der Waals surface area contributed by atoms with Gasteiger partial charge in [-0.15, -0.1) is 0 Å². The van der Waals surface area contributed by atoms with Gasteiger partial charge in [0.25, 0.3) is 0 Å². The van der Waals surface area contributed by atoms with Crippen LogP contribution in [0.25, 0.3) is 0 Å². The predicted molar refractivity (Wildman–Crippen MR) is 77.4 cm³/mol. The quantitative estimate of drug-likeness (QED) is 0.578. The van der Waals surface area contributed by atoms with Crippen molar-refractivity contribution in [3.63, 3.8) is 0 Å². The summed E-state index contributed by atoms with van der Waals surface area (Å²) in [7, 11) is 0. The van der Waals surface area contributed by atoms with Gasteiger partial charge in [-0.2, -0.15) is 0 Å². The minimum Gasteiger partial charge on any atom is -0.0998 e. The monoisotopic (exact) mass is 230 g/mol. The van der Waals surface area contributed by atoms with Crippen LogP contribution in [0.2, 0.25) is 0 Å². The first kappa shape index (κ1) is 14.0. The molecule has 0 fully saturated rings. The van der Waals surface area contributed by atoms with Crippen molar-refractivity contribution in [2.24, 2.45) is 5.92 Å². The SMILES string of the molecule is C=C(C)C(CC)Cc1cccc(C(C)CC)c1. The van der Waals surface area contributed by atoms with Crippen LogP contribution < -0.4 is 0 Å². The lowest BCUT2D eigenvalue weighted by Crippen LogP contribution is -2.04. The summed E-state index contributed by atoms with van der Waals surface area (Å²) < 4.78 is 0. The molecule has 0 spiro atoms. The second kappa shape index (κ2) is 6.64. The summed E-state index contributed by atoms with van der Waals surface area (Å²) in [5.74, 6) is 1.29. The minimum atomic E-state index is 0.627. The molecule has 0 nitrogen and oxygen atoms in total. The largest absolute Gasteiger partial charge is 0.0998 e. The second-order valence-electron chi connectivity index (χ2n) is 5.21. The highest BCUT2D eigenvalue weighted by Gasteiger charge is 2.09. The van der Waals surface area contributed by atoms with Crippen LogP contribution in [0.3, 0.4) is 0 Å². The van der Waals surface area contributed by atoms with Crippen molar-refractivity contribution in [1.82, 2.24) is 0 Å². The van der Waals surface area contributed by atoms with Crippen LogP contribution in [0.1, 0.15) is 57.6 Å². The van der Waals surface area contributed by atoms with Gasteiger partial charge in [0.1, 0.15) is 0 Å². The molecule has 0 aliphatic heterocycles. The third-order valence-electron chi connectivity index (χ3n) is 3.80. The first-order valence-electron chi connectivity index (χ1n) is 6.82. The molecule has 0 amide bonds. The van der Waals surface area contributed by atoms with Crippen molar-refractivity contribution in [1.29, 1.82) is 0 Å². The maximum atomic E-state index is 4.10. The molecule has 1 aromatic rings. The highest BCUT2D eigenvalue weighted by atomic mass is 14.1. The van der Waals surface area contributed by atoms with E-state index in [4.69, 9.17) is 0 Å². The predicted octanol–water partition coefficient (Wildman–Crippen LogP) is 5.34. The Labute approximate surface area is 107 Å². The van der Waals surface area contributed by atoms with E-state index < -0.39 is 0 Å². The van der Waals surface area contributed by atoms with E-state index in [0.29, 0.717) is 11.8 Å². The average molecular weight is 230 g/mol. The number of hydrogen-bond donors (Lipinski definition) is 0.